The molecule has 1 amide bonds. The number of nitrogens with one attached hydrogen (secondary N) is 4. The lowest BCUT2D eigenvalue weighted by Crippen LogP contribution is -2.37. The van der Waals surface area contributed by atoms with Gasteiger partial charge in [0.05, 0.1) is 11.0 Å². The van der Waals surface area contributed by atoms with Crippen molar-refractivity contribution in [3.8, 4) is 0 Å². The second-order valence-electron chi connectivity index (χ2n) is 12.3. The predicted molar refractivity (Wildman–Crippen MR) is 166 cm³/mol. The molecule has 2 aromatic rings. The highest BCUT2D eigenvalue weighted by Crippen LogP contribution is 2.60. The Hall–Kier alpha value is -2.58. The number of aromatic nitrogens is 2. The highest BCUT2D eigenvalue weighted by molar-refractivity contribution is 7.97. The molecule has 0 spiro atoms. The molecular weight excluding hydrogens is 615 g/mol. The van der Waals surface area contributed by atoms with Crippen LogP contribution < -0.4 is 25.8 Å². The summed E-state index contributed by atoms with van der Waals surface area (Å²) in [5, 5.41) is 9.17. The SMILES string of the molecule is CC1(C)CC(CCCNc2cccc(SNC(=O)c3ccc(N4C=CC(OCCCC5(C(F)(F)F)CC5)N4)nc3Cl)n2)CN1. The molecule has 2 unspecified atom stereocenters. The maximum Gasteiger partial charge on any atom is 0.394 e. The monoisotopic (exact) mass is 653 g/mol. The minimum atomic E-state index is -4.15. The van der Waals surface area contributed by atoms with Crippen molar-refractivity contribution >= 4 is 41.1 Å². The molecule has 240 valence electrons. The van der Waals surface area contributed by atoms with E-state index in [-0.39, 0.29) is 42.1 Å². The molecule has 0 radical (unpaired) electrons. The standard InChI is InChI=1S/C30H39ClF3N7O2S/c1-28(2)18-20(19-36-28)6-4-15-35-22-7-3-8-25(37-22)44-40-27(42)21-9-10-23(38-26(21)31)41-16-11-24(39-41)43-17-5-12-29(13-14-29)30(32,33)34/h3,7-11,16,20,24,36,39H,4-6,12-15,17-19H2,1-2H3,(H,35,37)(H,40,42). The lowest BCUT2D eigenvalue weighted by atomic mass is 9.94. The average molecular weight is 654 g/mol. The quantitative estimate of drug-likeness (QED) is 0.104. The van der Waals surface area contributed by atoms with Crippen molar-refractivity contribution in [3.63, 3.8) is 0 Å². The summed E-state index contributed by atoms with van der Waals surface area (Å²) in [6.45, 7) is 6.59. The summed E-state index contributed by atoms with van der Waals surface area (Å²) in [4.78, 5) is 21.7. The molecule has 5 rings (SSSR count). The van der Waals surface area contributed by atoms with Crippen LogP contribution in [-0.2, 0) is 4.74 Å². The number of hydrogen-bond acceptors (Lipinski definition) is 9. The van der Waals surface area contributed by atoms with Crippen LogP contribution in [0.4, 0.5) is 24.8 Å². The highest BCUT2D eigenvalue weighted by atomic mass is 35.5. The second-order valence-corrected chi connectivity index (χ2v) is 13.5. The van der Waals surface area contributed by atoms with Crippen molar-refractivity contribution < 1.29 is 22.7 Å². The van der Waals surface area contributed by atoms with Crippen LogP contribution in [0.1, 0.15) is 69.2 Å². The minimum absolute atomic E-state index is 0.0197. The third-order valence-electron chi connectivity index (χ3n) is 8.29. The van der Waals surface area contributed by atoms with Crippen LogP contribution in [0.3, 0.4) is 0 Å². The number of hydrogen-bond donors (Lipinski definition) is 4. The molecule has 14 heteroatoms. The van der Waals surface area contributed by atoms with Crippen molar-refractivity contribution in [3.05, 3.63) is 53.3 Å². The Bertz CT molecular complexity index is 1340. The van der Waals surface area contributed by atoms with Gasteiger partial charge in [0.25, 0.3) is 5.91 Å². The fourth-order valence-electron chi connectivity index (χ4n) is 5.62. The Morgan fingerprint density at radius 1 is 1.20 bits per heavy atom. The Labute approximate surface area is 265 Å². The summed E-state index contributed by atoms with van der Waals surface area (Å²) in [5.74, 6) is 1.47. The molecular formula is C30H39ClF3N7O2S. The van der Waals surface area contributed by atoms with Gasteiger partial charge in [-0.1, -0.05) is 17.7 Å². The van der Waals surface area contributed by atoms with Gasteiger partial charge in [-0.3, -0.25) is 14.5 Å². The van der Waals surface area contributed by atoms with E-state index < -0.39 is 23.7 Å². The van der Waals surface area contributed by atoms with Gasteiger partial charge in [0.2, 0.25) is 0 Å². The number of hydrazine groups is 1. The van der Waals surface area contributed by atoms with E-state index in [0.717, 1.165) is 43.7 Å². The predicted octanol–water partition coefficient (Wildman–Crippen LogP) is 6.45. The van der Waals surface area contributed by atoms with Gasteiger partial charge in [0, 0.05) is 36.8 Å². The maximum absolute atomic E-state index is 13.1. The number of carbonyl (C=O) groups excluding carboxylic acids is 1. The lowest BCUT2D eigenvalue weighted by molar-refractivity contribution is -0.189. The number of halogens is 4. The zero-order valence-corrected chi connectivity index (χ0v) is 26.4. The van der Waals surface area contributed by atoms with Crippen LogP contribution in [0.25, 0.3) is 0 Å². The smallest absolute Gasteiger partial charge is 0.370 e. The van der Waals surface area contributed by atoms with Crippen LogP contribution in [-0.4, -0.2) is 53.5 Å². The highest BCUT2D eigenvalue weighted by Gasteiger charge is 2.62. The van der Waals surface area contributed by atoms with Gasteiger partial charge in [-0.25, -0.2) is 9.97 Å². The summed E-state index contributed by atoms with van der Waals surface area (Å²) in [6.07, 6.45) is 2.98. The van der Waals surface area contributed by atoms with Gasteiger partial charge in [-0.05, 0) is 102 Å². The van der Waals surface area contributed by atoms with E-state index in [1.807, 2.05) is 18.2 Å². The summed E-state index contributed by atoms with van der Waals surface area (Å²) in [6, 6.07) is 8.81. The number of pyridine rings is 2. The number of carbonyl (C=O) groups is 1. The summed E-state index contributed by atoms with van der Waals surface area (Å²) < 4.78 is 47.7. The summed E-state index contributed by atoms with van der Waals surface area (Å²) >= 11 is 7.45. The number of nitrogens with zero attached hydrogens (tertiary/aromatic N) is 3. The zero-order valence-electron chi connectivity index (χ0n) is 24.8. The molecule has 4 heterocycles. The van der Waals surface area contributed by atoms with Gasteiger partial charge in [-0.15, -0.1) is 0 Å². The molecule has 0 bridgehead atoms. The van der Waals surface area contributed by atoms with Crippen molar-refractivity contribution in [1.29, 1.82) is 0 Å². The fourth-order valence-corrected chi connectivity index (χ4v) is 6.45. The Kier molecular flexibility index (Phi) is 10.3. The third-order valence-corrected chi connectivity index (χ3v) is 9.30. The molecule has 0 aromatic carbocycles. The van der Waals surface area contributed by atoms with Crippen LogP contribution in [0, 0.1) is 11.3 Å². The van der Waals surface area contributed by atoms with E-state index >= 15 is 0 Å². The van der Waals surface area contributed by atoms with Crippen molar-refractivity contribution in [2.45, 2.75) is 81.8 Å². The van der Waals surface area contributed by atoms with Crippen LogP contribution in [0.2, 0.25) is 5.15 Å². The van der Waals surface area contributed by atoms with Gasteiger partial charge >= 0.3 is 6.18 Å². The Morgan fingerprint density at radius 3 is 2.73 bits per heavy atom. The molecule has 1 saturated heterocycles. The largest absolute Gasteiger partial charge is 0.394 e. The molecule has 2 aliphatic heterocycles. The van der Waals surface area contributed by atoms with E-state index in [9.17, 15) is 18.0 Å². The number of ether oxygens (including phenoxy) is 1. The van der Waals surface area contributed by atoms with Gasteiger partial charge in [0.15, 0.2) is 0 Å². The van der Waals surface area contributed by atoms with E-state index in [1.54, 1.807) is 29.4 Å². The topological polar surface area (TPSA) is 103 Å². The normalized spacial score (nSPS) is 21.9. The molecule has 1 saturated carbocycles. The van der Waals surface area contributed by atoms with Crippen LogP contribution in [0.5, 0.6) is 0 Å². The molecule has 1 aliphatic carbocycles. The fraction of sp³-hybridized carbons (Fsp3) is 0.567. The number of anilines is 2. The summed E-state index contributed by atoms with van der Waals surface area (Å²) in [7, 11) is 0. The first-order valence-electron chi connectivity index (χ1n) is 14.9. The number of alkyl halides is 3. The Balaban J connectivity index is 1.02. The van der Waals surface area contributed by atoms with E-state index in [1.165, 1.54) is 6.42 Å². The maximum atomic E-state index is 13.1. The van der Waals surface area contributed by atoms with E-state index in [0.29, 0.717) is 23.2 Å². The zero-order chi connectivity index (χ0) is 31.4. The molecule has 44 heavy (non-hydrogen) atoms. The first-order chi connectivity index (χ1) is 20.9. The molecule has 4 N–H and O–H groups in total. The summed E-state index contributed by atoms with van der Waals surface area (Å²) in [5.41, 5.74) is 1.97. The van der Waals surface area contributed by atoms with Crippen molar-refractivity contribution in [1.82, 2.24) is 25.4 Å². The third kappa shape index (κ3) is 8.57. The minimum Gasteiger partial charge on any atom is -0.370 e. The Morgan fingerprint density at radius 2 is 2.02 bits per heavy atom. The van der Waals surface area contributed by atoms with Gasteiger partial charge in [-0.2, -0.15) is 18.6 Å². The van der Waals surface area contributed by atoms with Crippen LogP contribution in [0.15, 0.2) is 47.6 Å². The van der Waals surface area contributed by atoms with E-state index in [2.05, 4.69) is 44.6 Å². The average Bonchev–Trinajstić information content (AvgIpc) is 3.50. The van der Waals surface area contributed by atoms with E-state index in [4.69, 9.17) is 16.3 Å². The lowest BCUT2D eigenvalue weighted by Gasteiger charge is -2.21. The molecule has 2 aromatic heterocycles. The molecule has 2 atom stereocenters. The first-order valence-corrected chi connectivity index (χ1v) is 16.1. The van der Waals surface area contributed by atoms with Gasteiger partial charge in [0.1, 0.15) is 28.0 Å². The molecule has 9 nitrogen and oxygen atoms in total. The number of amides is 1. The van der Waals surface area contributed by atoms with Gasteiger partial charge < -0.3 is 15.4 Å². The first kappa shape index (κ1) is 32.8. The van der Waals surface area contributed by atoms with Crippen LogP contribution >= 0.6 is 23.5 Å². The van der Waals surface area contributed by atoms with Crippen molar-refractivity contribution in [2.75, 3.05) is 30.0 Å². The second kappa shape index (κ2) is 13.8. The molecule has 3 aliphatic rings. The number of rotatable bonds is 14. The molecule has 2 fully saturated rings. The van der Waals surface area contributed by atoms with Crippen molar-refractivity contribution in [2.24, 2.45) is 11.3 Å².